The molecular formula is C22H27NO3. The summed E-state index contributed by atoms with van der Waals surface area (Å²) in [5.41, 5.74) is 5.76. The van der Waals surface area contributed by atoms with E-state index in [1.807, 2.05) is 25.1 Å². The molecule has 0 saturated carbocycles. The average Bonchev–Trinajstić information content (AvgIpc) is 2.66. The molecule has 0 aliphatic heterocycles. The molecule has 2 aromatic rings. The number of hydroxylamine groups is 1. The van der Waals surface area contributed by atoms with Gasteiger partial charge < -0.3 is 4.84 Å². The predicted molar refractivity (Wildman–Crippen MR) is 102 cm³/mol. The maximum Gasteiger partial charge on any atom is 0.332 e. The lowest BCUT2D eigenvalue weighted by Crippen LogP contribution is -2.28. The molecule has 0 atom stereocenters. The van der Waals surface area contributed by atoms with Gasteiger partial charge in [0.25, 0.3) is 5.91 Å². The van der Waals surface area contributed by atoms with Gasteiger partial charge in [0.2, 0.25) is 0 Å². The zero-order chi connectivity index (χ0) is 18.6. The van der Waals surface area contributed by atoms with Gasteiger partial charge in [-0.3, -0.25) is 4.79 Å². The number of carbonyl (C=O) groups is 2. The predicted octanol–water partition coefficient (Wildman–Crippen LogP) is 4.17. The van der Waals surface area contributed by atoms with E-state index in [1.165, 1.54) is 11.1 Å². The van der Waals surface area contributed by atoms with Gasteiger partial charge in [-0.15, -0.1) is 0 Å². The number of rotatable bonds is 9. The molecule has 0 radical (unpaired) electrons. The van der Waals surface area contributed by atoms with Crippen molar-refractivity contribution < 1.29 is 14.4 Å². The Hall–Kier alpha value is -2.62. The third-order valence-electron chi connectivity index (χ3n) is 4.14. The van der Waals surface area contributed by atoms with Crippen LogP contribution in [-0.2, 0) is 33.7 Å². The summed E-state index contributed by atoms with van der Waals surface area (Å²) in [6.07, 6.45) is 5.65. The van der Waals surface area contributed by atoms with E-state index in [2.05, 4.69) is 41.9 Å². The van der Waals surface area contributed by atoms with E-state index in [4.69, 9.17) is 4.84 Å². The smallest absolute Gasteiger partial charge is 0.332 e. The summed E-state index contributed by atoms with van der Waals surface area (Å²) < 4.78 is 0. The molecule has 4 heteroatoms. The highest BCUT2D eigenvalue weighted by Gasteiger charge is 2.07. The lowest BCUT2D eigenvalue weighted by Gasteiger charge is -2.06. The second kappa shape index (κ2) is 11.1. The first-order valence-electron chi connectivity index (χ1n) is 9.27. The van der Waals surface area contributed by atoms with Crippen LogP contribution in [0, 0.1) is 0 Å². The molecule has 2 aromatic carbocycles. The molecule has 0 aromatic heterocycles. The lowest BCUT2D eigenvalue weighted by atomic mass is 10.0. The van der Waals surface area contributed by atoms with E-state index in [-0.39, 0.29) is 12.3 Å². The van der Waals surface area contributed by atoms with E-state index >= 15 is 0 Å². The molecule has 138 valence electrons. The van der Waals surface area contributed by atoms with Crippen molar-refractivity contribution in [3.8, 4) is 0 Å². The summed E-state index contributed by atoms with van der Waals surface area (Å²) >= 11 is 0. The largest absolute Gasteiger partial charge is 0.341 e. The van der Waals surface area contributed by atoms with E-state index in [0.29, 0.717) is 12.8 Å². The van der Waals surface area contributed by atoms with E-state index < -0.39 is 5.97 Å². The Morgan fingerprint density at radius 3 is 2.04 bits per heavy atom. The number of hydrogen-bond acceptors (Lipinski definition) is 3. The molecule has 0 heterocycles. The first-order valence-corrected chi connectivity index (χ1v) is 9.27. The summed E-state index contributed by atoms with van der Waals surface area (Å²) in [4.78, 5) is 27.7. The second-order valence-electron chi connectivity index (χ2n) is 6.44. The van der Waals surface area contributed by atoms with Crippen LogP contribution in [-0.4, -0.2) is 11.9 Å². The van der Waals surface area contributed by atoms with Gasteiger partial charge in [-0.2, -0.15) is 5.48 Å². The van der Waals surface area contributed by atoms with Crippen LogP contribution in [0.25, 0.3) is 0 Å². The van der Waals surface area contributed by atoms with Gasteiger partial charge in [0.05, 0.1) is 6.42 Å². The highest BCUT2D eigenvalue weighted by molar-refractivity contribution is 5.79. The molecule has 0 aliphatic carbocycles. The first kappa shape index (κ1) is 19.7. The Morgan fingerprint density at radius 1 is 0.846 bits per heavy atom. The number of hydrogen-bond donors (Lipinski definition) is 1. The van der Waals surface area contributed by atoms with Gasteiger partial charge in [-0.25, -0.2) is 4.79 Å². The lowest BCUT2D eigenvalue weighted by molar-refractivity contribution is -0.158. The molecule has 1 amide bonds. The minimum absolute atomic E-state index is 0.202. The fourth-order valence-electron chi connectivity index (χ4n) is 2.72. The Balaban J connectivity index is 1.67. The summed E-state index contributed by atoms with van der Waals surface area (Å²) in [7, 11) is 0. The Morgan fingerprint density at radius 2 is 1.42 bits per heavy atom. The van der Waals surface area contributed by atoms with E-state index in [1.54, 1.807) is 0 Å². The highest BCUT2D eigenvalue weighted by atomic mass is 16.7. The third kappa shape index (κ3) is 7.51. The monoisotopic (exact) mass is 353 g/mol. The number of nitrogens with one attached hydrogen (secondary N) is 1. The van der Waals surface area contributed by atoms with Crippen molar-refractivity contribution in [2.24, 2.45) is 0 Å². The molecule has 0 saturated heterocycles. The fraction of sp³-hybridized carbons (Fsp3) is 0.364. The SMILES string of the molecule is CCCC(=O)ONC(=O)Cc1ccc(CCCCc2ccccc2)cc1. The fourth-order valence-corrected chi connectivity index (χ4v) is 2.72. The van der Waals surface area contributed by atoms with Crippen molar-refractivity contribution in [1.82, 2.24) is 5.48 Å². The summed E-state index contributed by atoms with van der Waals surface area (Å²) in [6, 6.07) is 18.6. The van der Waals surface area contributed by atoms with Crippen LogP contribution < -0.4 is 5.48 Å². The van der Waals surface area contributed by atoms with Gasteiger partial charge in [0.1, 0.15) is 0 Å². The normalized spacial score (nSPS) is 10.3. The molecular weight excluding hydrogens is 326 g/mol. The van der Waals surface area contributed by atoms with Crippen LogP contribution in [0.4, 0.5) is 0 Å². The van der Waals surface area contributed by atoms with Crippen LogP contribution in [0.5, 0.6) is 0 Å². The van der Waals surface area contributed by atoms with E-state index in [9.17, 15) is 9.59 Å². The highest BCUT2D eigenvalue weighted by Crippen LogP contribution is 2.11. The van der Waals surface area contributed by atoms with Crippen LogP contribution in [0.3, 0.4) is 0 Å². The van der Waals surface area contributed by atoms with Crippen LogP contribution in [0.1, 0.15) is 49.3 Å². The molecule has 2 rings (SSSR count). The maximum atomic E-state index is 11.8. The minimum atomic E-state index is -0.410. The molecule has 0 unspecified atom stereocenters. The Kier molecular flexibility index (Phi) is 8.40. The summed E-state index contributed by atoms with van der Waals surface area (Å²) in [6.45, 7) is 1.88. The zero-order valence-corrected chi connectivity index (χ0v) is 15.4. The average molecular weight is 353 g/mol. The maximum absolute atomic E-state index is 11.8. The zero-order valence-electron chi connectivity index (χ0n) is 15.4. The number of benzene rings is 2. The van der Waals surface area contributed by atoms with Gasteiger partial charge in [0.15, 0.2) is 0 Å². The number of unbranched alkanes of at least 4 members (excludes halogenated alkanes) is 1. The molecule has 26 heavy (non-hydrogen) atoms. The minimum Gasteiger partial charge on any atom is -0.341 e. The third-order valence-corrected chi connectivity index (χ3v) is 4.14. The van der Waals surface area contributed by atoms with Crippen molar-refractivity contribution in [1.29, 1.82) is 0 Å². The van der Waals surface area contributed by atoms with Crippen molar-refractivity contribution in [2.75, 3.05) is 0 Å². The molecule has 0 aliphatic rings. The molecule has 0 bridgehead atoms. The Labute approximate surface area is 155 Å². The van der Waals surface area contributed by atoms with Crippen molar-refractivity contribution >= 4 is 11.9 Å². The quantitative estimate of drug-likeness (QED) is 0.544. The molecule has 0 fully saturated rings. The van der Waals surface area contributed by atoms with Gasteiger partial charge in [0, 0.05) is 6.42 Å². The van der Waals surface area contributed by atoms with Crippen molar-refractivity contribution in [3.63, 3.8) is 0 Å². The number of carbonyl (C=O) groups excluding carboxylic acids is 2. The van der Waals surface area contributed by atoms with Crippen LogP contribution >= 0.6 is 0 Å². The van der Waals surface area contributed by atoms with Gasteiger partial charge in [-0.1, -0.05) is 61.5 Å². The Bertz CT molecular complexity index is 680. The van der Waals surface area contributed by atoms with E-state index in [0.717, 1.165) is 31.2 Å². The molecule has 4 nitrogen and oxygen atoms in total. The van der Waals surface area contributed by atoms with Crippen molar-refractivity contribution in [3.05, 3.63) is 71.3 Å². The second-order valence-corrected chi connectivity index (χ2v) is 6.44. The number of amides is 1. The number of aryl methyl sites for hydroxylation is 2. The topological polar surface area (TPSA) is 55.4 Å². The molecule has 0 spiro atoms. The van der Waals surface area contributed by atoms with Gasteiger partial charge >= 0.3 is 5.97 Å². The van der Waals surface area contributed by atoms with Crippen LogP contribution in [0.15, 0.2) is 54.6 Å². The van der Waals surface area contributed by atoms with Crippen molar-refractivity contribution in [2.45, 2.75) is 51.9 Å². The summed E-state index contributed by atoms with van der Waals surface area (Å²) in [5.74, 6) is -0.725. The molecule has 1 N–H and O–H groups in total. The standard InChI is InChI=1S/C22H27NO3/c1-2-8-22(25)26-23-21(24)17-20-15-13-19(14-16-20)12-7-6-11-18-9-4-3-5-10-18/h3-5,9-10,13-16H,2,6-8,11-12,17H2,1H3,(H,23,24). The van der Waals surface area contributed by atoms with Crippen LogP contribution in [0.2, 0.25) is 0 Å². The summed E-state index contributed by atoms with van der Waals surface area (Å²) in [5, 5.41) is 0. The first-order chi connectivity index (χ1) is 12.7. The van der Waals surface area contributed by atoms with Gasteiger partial charge in [-0.05, 0) is 48.8 Å².